The number of nitrogens with zero attached hydrogens (tertiary/aromatic N) is 1. The molecule has 2 amide bonds. The number of amides is 2. The molecule has 0 aliphatic heterocycles. The van der Waals surface area contributed by atoms with Crippen LogP contribution < -0.4 is 16.4 Å². The zero-order valence-electron chi connectivity index (χ0n) is 18.0. The van der Waals surface area contributed by atoms with Gasteiger partial charge < -0.3 is 16.4 Å². The molecule has 31 heavy (non-hydrogen) atoms. The fourth-order valence-corrected chi connectivity index (χ4v) is 4.00. The summed E-state index contributed by atoms with van der Waals surface area (Å²) in [5.41, 5.74) is 9.70. The molecule has 0 radical (unpaired) electrons. The molecule has 7 heteroatoms. The molecule has 2 aromatic carbocycles. The molecule has 3 aromatic rings. The van der Waals surface area contributed by atoms with E-state index in [4.69, 9.17) is 5.73 Å². The largest absolute Gasteiger partial charge is 0.397 e. The average Bonchev–Trinajstić information content (AvgIpc) is 3.29. The van der Waals surface area contributed by atoms with Crippen molar-refractivity contribution >= 4 is 34.5 Å². The lowest BCUT2D eigenvalue weighted by molar-refractivity contribution is -0.125. The maximum Gasteiger partial charge on any atom is 0.255 e. The molecule has 4 N–H and O–H groups in total. The van der Waals surface area contributed by atoms with Gasteiger partial charge in [-0.3, -0.25) is 14.5 Å². The van der Waals surface area contributed by atoms with Gasteiger partial charge in [-0.1, -0.05) is 24.3 Å². The predicted octanol–water partition coefficient (Wildman–Crippen LogP) is 3.86. The fourth-order valence-electron chi connectivity index (χ4n) is 3.27. The molecule has 1 atom stereocenters. The molecule has 0 saturated heterocycles. The van der Waals surface area contributed by atoms with Crippen LogP contribution in [0.3, 0.4) is 0 Å². The van der Waals surface area contributed by atoms with Gasteiger partial charge in [0.15, 0.2) is 0 Å². The maximum absolute atomic E-state index is 12.8. The highest BCUT2D eigenvalue weighted by Crippen LogP contribution is 2.30. The molecule has 0 fully saturated rings. The molecule has 1 aromatic heterocycles. The van der Waals surface area contributed by atoms with Crippen molar-refractivity contribution in [2.24, 2.45) is 0 Å². The van der Waals surface area contributed by atoms with Gasteiger partial charge in [-0.2, -0.15) is 0 Å². The summed E-state index contributed by atoms with van der Waals surface area (Å²) >= 11 is 1.63. The van der Waals surface area contributed by atoms with Crippen molar-refractivity contribution in [2.45, 2.75) is 19.4 Å². The summed E-state index contributed by atoms with van der Waals surface area (Å²) in [5.74, 6) is -0.232. The van der Waals surface area contributed by atoms with Gasteiger partial charge in [-0.15, -0.1) is 11.3 Å². The van der Waals surface area contributed by atoms with Gasteiger partial charge in [0.1, 0.15) is 0 Å². The van der Waals surface area contributed by atoms with Crippen LogP contribution in [-0.2, 0) is 11.2 Å². The Labute approximate surface area is 187 Å². The standard InChI is InChI=1S/C24H28N4O2S/c1-4-26-24(30)21(28(2)3)14-16-7-9-17(10-8-16)23(29)27-20-15-18(11-12-19(20)25)22-6-5-13-31-22/h5-13,15,21H,4,14,25H2,1-3H3,(H,26,30)(H,27,29). The normalized spacial score (nSPS) is 11.9. The Morgan fingerprint density at radius 3 is 2.45 bits per heavy atom. The Hall–Kier alpha value is -3.16. The molecule has 162 valence electrons. The third-order valence-corrected chi connectivity index (χ3v) is 5.95. The fraction of sp³-hybridized carbons (Fsp3) is 0.250. The summed E-state index contributed by atoms with van der Waals surface area (Å²) in [5, 5.41) is 7.79. The van der Waals surface area contributed by atoms with Gasteiger partial charge in [-0.25, -0.2) is 0 Å². The van der Waals surface area contributed by atoms with Crippen LogP contribution in [-0.4, -0.2) is 43.4 Å². The van der Waals surface area contributed by atoms with Crippen molar-refractivity contribution in [2.75, 3.05) is 31.7 Å². The SMILES string of the molecule is CCNC(=O)C(Cc1ccc(C(=O)Nc2cc(-c3cccs3)ccc2N)cc1)N(C)C. The molecule has 0 bridgehead atoms. The molecular weight excluding hydrogens is 408 g/mol. The van der Waals surface area contributed by atoms with Crippen molar-refractivity contribution in [3.05, 3.63) is 71.1 Å². The minimum Gasteiger partial charge on any atom is -0.397 e. The van der Waals surface area contributed by atoms with Crippen LogP contribution in [0.15, 0.2) is 60.0 Å². The second-order valence-electron chi connectivity index (χ2n) is 7.51. The van der Waals surface area contributed by atoms with E-state index in [0.29, 0.717) is 29.9 Å². The van der Waals surface area contributed by atoms with E-state index in [9.17, 15) is 9.59 Å². The Kier molecular flexibility index (Phi) is 7.44. The number of rotatable bonds is 8. The zero-order chi connectivity index (χ0) is 22.4. The zero-order valence-corrected chi connectivity index (χ0v) is 18.8. The molecule has 3 rings (SSSR count). The minimum atomic E-state index is -0.264. The summed E-state index contributed by atoms with van der Waals surface area (Å²) in [6.45, 7) is 2.50. The Morgan fingerprint density at radius 1 is 1.10 bits per heavy atom. The van der Waals surface area contributed by atoms with E-state index in [0.717, 1.165) is 16.0 Å². The second kappa shape index (κ2) is 10.2. The Bertz CT molecular complexity index is 1030. The average molecular weight is 437 g/mol. The van der Waals surface area contributed by atoms with E-state index in [1.165, 1.54) is 0 Å². The van der Waals surface area contributed by atoms with Crippen molar-refractivity contribution in [1.82, 2.24) is 10.2 Å². The van der Waals surface area contributed by atoms with E-state index >= 15 is 0 Å². The first kappa shape index (κ1) is 22.5. The molecule has 1 unspecified atom stereocenters. The van der Waals surface area contributed by atoms with Crippen LogP contribution in [0.2, 0.25) is 0 Å². The van der Waals surface area contributed by atoms with Crippen molar-refractivity contribution in [1.29, 1.82) is 0 Å². The van der Waals surface area contributed by atoms with Crippen LogP contribution in [0, 0.1) is 0 Å². The molecule has 0 aliphatic carbocycles. The molecule has 0 saturated carbocycles. The number of hydrogen-bond donors (Lipinski definition) is 3. The van der Waals surface area contributed by atoms with Crippen molar-refractivity contribution in [3.63, 3.8) is 0 Å². The third kappa shape index (κ3) is 5.71. The predicted molar refractivity (Wildman–Crippen MR) is 128 cm³/mol. The molecule has 0 aliphatic rings. The maximum atomic E-state index is 12.8. The first-order valence-electron chi connectivity index (χ1n) is 10.2. The molecular formula is C24H28N4O2S. The Balaban J connectivity index is 1.71. The molecule has 6 nitrogen and oxygen atoms in total. The number of nitrogen functional groups attached to an aromatic ring is 1. The number of hydrogen-bond acceptors (Lipinski definition) is 5. The number of anilines is 2. The highest BCUT2D eigenvalue weighted by atomic mass is 32.1. The Morgan fingerprint density at radius 2 is 1.84 bits per heavy atom. The number of benzene rings is 2. The number of thiophene rings is 1. The molecule has 0 spiro atoms. The van der Waals surface area contributed by atoms with E-state index in [1.54, 1.807) is 29.5 Å². The highest BCUT2D eigenvalue weighted by molar-refractivity contribution is 7.13. The van der Waals surface area contributed by atoms with Crippen LogP contribution in [0.25, 0.3) is 10.4 Å². The van der Waals surface area contributed by atoms with Gasteiger partial charge >= 0.3 is 0 Å². The summed E-state index contributed by atoms with van der Waals surface area (Å²) < 4.78 is 0. The van der Waals surface area contributed by atoms with Crippen LogP contribution in [0.4, 0.5) is 11.4 Å². The lowest BCUT2D eigenvalue weighted by Crippen LogP contribution is -2.44. The van der Waals surface area contributed by atoms with Crippen molar-refractivity contribution < 1.29 is 9.59 Å². The number of nitrogens with one attached hydrogen (secondary N) is 2. The van der Waals surface area contributed by atoms with Crippen LogP contribution >= 0.6 is 11.3 Å². The highest BCUT2D eigenvalue weighted by Gasteiger charge is 2.20. The quantitative estimate of drug-likeness (QED) is 0.468. The van der Waals surface area contributed by atoms with Gasteiger partial charge in [0.2, 0.25) is 5.91 Å². The van der Waals surface area contributed by atoms with E-state index in [2.05, 4.69) is 10.6 Å². The first-order valence-corrected chi connectivity index (χ1v) is 11.0. The number of carbonyl (C=O) groups is 2. The first-order chi connectivity index (χ1) is 14.9. The monoisotopic (exact) mass is 436 g/mol. The van der Waals surface area contributed by atoms with E-state index in [-0.39, 0.29) is 17.9 Å². The van der Waals surface area contributed by atoms with Crippen molar-refractivity contribution in [3.8, 4) is 10.4 Å². The van der Waals surface area contributed by atoms with Crippen LogP contribution in [0.1, 0.15) is 22.8 Å². The summed E-state index contributed by atoms with van der Waals surface area (Å²) in [4.78, 5) is 28.1. The third-order valence-electron chi connectivity index (χ3n) is 5.03. The van der Waals surface area contributed by atoms with Gasteiger partial charge in [-0.05, 0) is 74.3 Å². The van der Waals surface area contributed by atoms with E-state index < -0.39 is 0 Å². The summed E-state index contributed by atoms with van der Waals surface area (Å²) in [7, 11) is 3.77. The van der Waals surface area contributed by atoms with Gasteiger partial charge in [0, 0.05) is 17.0 Å². The number of carbonyl (C=O) groups excluding carboxylic acids is 2. The lowest BCUT2D eigenvalue weighted by Gasteiger charge is -2.23. The van der Waals surface area contributed by atoms with E-state index in [1.807, 2.05) is 67.7 Å². The second-order valence-corrected chi connectivity index (χ2v) is 8.46. The van der Waals surface area contributed by atoms with Gasteiger partial charge in [0.05, 0.1) is 17.4 Å². The lowest BCUT2D eigenvalue weighted by atomic mass is 10.0. The topological polar surface area (TPSA) is 87.5 Å². The minimum absolute atomic E-state index is 0.00424. The number of nitrogens with two attached hydrogens (primary N) is 1. The smallest absolute Gasteiger partial charge is 0.255 e. The number of likely N-dealkylation sites (N-methyl/N-ethyl adjacent to an activating group) is 2. The van der Waals surface area contributed by atoms with Gasteiger partial charge in [0.25, 0.3) is 5.91 Å². The summed E-state index contributed by atoms with van der Waals surface area (Å²) in [6.07, 6.45) is 0.566. The van der Waals surface area contributed by atoms with Crippen LogP contribution in [0.5, 0.6) is 0 Å². The molecule has 1 heterocycles. The summed E-state index contributed by atoms with van der Waals surface area (Å²) in [6, 6.07) is 16.7.